The SMILES string of the molecule is C[C@@H](CNC(=O)c1ccc(F)c(F)c1)CN1CCN(C)CC1. The molecule has 1 saturated heterocycles. The van der Waals surface area contributed by atoms with Gasteiger partial charge in [0, 0.05) is 44.8 Å². The maximum atomic E-state index is 13.1. The third-order valence-electron chi connectivity index (χ3n) is 3.96. The van der Waals surface area contributed by atoms with Gasteiger partial charge in [0.15, 0.2) is 11.6 Å². The number of halogens is 2. The van der Waals surface area contributed by atoms with Crippen LogP contribution in [0.2, 0.25) is 0 Å². The van der Waals surface area contributed by atoms with E-state index in [0.717, 1.165) is 44.9 Å². The number of carbonyl (C=O) groups is 1. The zero-order chi connectivity index (χ0) is 16.1. The summed E-state index contributed by atoms with van der Waals surface area (Å²) in [6.07, 6.45) is 0. The Kier molecular flexibility index (Phi) is 5.85. The van der Waals surface area contributed by atoms with Gasteiger partial charge in [-0.3, -0.25) is 4.79 Å². The molecule has 1 aliphatic heterocycles. The highest BCUT2D eigenvalue weighted by Crippen LogP contribution is 2.09. The summed E-state index contributed by atoms with van der Waals surface area (Å²) in [5.41, 5.74) is 0.144. The van der Waals surface area contributed by atoms with E-state index in [9.17, 15) is 13.6 Å². The Labute approximate surface area is 130 Å². The molecule has 0 unspecified atom stereocenters. The van der Waals surface area contributed by atoms with Crippen LogP contribution < -0.4 is 5.32 Å². The van der Waals surface area contributed by atoms with E-state index in [1.807, 2.05) is 0 Å². The quantitative estimate of drug-likeness (QED) is 0.897. The molecule has 1 N–H and O–H groups in total. The van der Waals surface area contributed by atoms with E-state index < -0.39 is 11.6 Å². The summed E-state index contributed by atoms with van der Waals surface area (Å²) in [5.74, 6) is -2.01. The highest BCUT2D eigenvalue weighted by atomic mass is 19.2. The van der Waals surface area contributed by atoms with Crippen LogP contribution in [0.15, 0.2) is 18.2 Å². The second kappa shape index (κ2) is 7.65. The van der Waals surface area contributed by atoms with Crippen molar-refractivity contribution in [3.8, 4) is 0 Å². The van der Waals surface area contributed by atoms with Crippen LogP contribution in [0.3, 0.4) is 0 Å². The molecule has 0 spiro atoms. The molecule has 4 nitrogen and oxygen atoms in total. The van der Waals surface area contributed by atoms with Crippen LogP contribution in [0, 0.1) is 17.6 Å². The molecular formula is C16H23F2N3O. The average molecular weight is 311 g/mol. The predicted molar refractivity (Wildman–Crippen MR) is 81.8 cm³/mol. The molecule has 6 heteroatoms. The number of hydrogen-bond acceptors (Lipinski definition) is 3. The van der Waals surface area contributed by atoms with E-state index >= 15 is 0 Å². The molecule has 1 aliphatic rings. The Balaban J connectivity index is 1.76. The molecule has 122 valence electrons. The van der Waals surface area contributed by atoms with Crippen LogP contribution >= 0.6 is 0 Å². The molecule has 22 heavy (non-hydrogen) atoms. The van der Waals surface area contributed by atoms with Crippen molar-refractivity contribution in [2.24, 2.45) is 5.92 Å². The Bertz CT molecular complexity index is 516. The Morgan fingerprint density at radius 2 is 1.91 bits per heavy atom. The molecule has 0 aromatic heterocycles. The normalized spacial score (nSPS) is 18.2. The zero-order valence-corrected chi connectivity index (χ0v) is 13.1. The molecule has 1 atom stereocenters. The molecule has 0 radical (unpaired) electrons. The molecule has 0 aliphatic carbocycles. The summed E-state index contributed by atoms with van der Waals surface area (Å²) in [6.45, 7) is 7.72. The van der Waals surface area contributed by atoms with E-state index in [1.165, 1.54) is 6.07 Å². The lowest BCUT2D eigenvalue weighted by Crippen LogP contribution is -2.46. The molecule has 2 rings (SSSR count). The van der Waals surface area contributed by atoms with Gasteiger partial charge in [-0.05, 0) is 31.2 Å². The molecule has 0 bridgehead atoms. The number of likely N-dealkylation sites (N-methyl/N-ethyl adjacent to an activating group) is 1. The van der Waals surface area contributed by atoms with Crippen molar-refractivity contribution in [2.45, 2.75) is 6.92 Å². The summed E-state index contributed by atoms with van der Waals surface area (Å²) >= 11 is 0. The third kappa shape index (κ3) is 4.74. The maximum Gasteiger partial charge on any atom is 0.251 e. The first-order valence-electron chi connectivity index (χ1n) is 7.60. The number of benzene rings is 1. The fourth-order valence-electron chi connectivity index (χ4n) is 2.54. The van der Waals surface area contributed by atoms with Crippen LogP contribution in [0.5, 0.6) is 0 Å². The van der Waals surface area contributed by atoms with Crippen molar-refractivity contribution in [1.29, 1.82) is 0 Å². The lowest BCUT2D eigenvalue weighted by atomic mass is 10.1. The van der Waals surface area contributed by atoms with E-state index in [4.69, 9.17) is 0 Å². The highest BCUT2D eigenvalue weighted by molar-refractivity contribution is 5.94. The minimum Gasteiger partial charge on any atom is -0.352 e. The standard InChI is InChI=1S/C16H23F2N3O/c1-12(11-21-7-5-20(2)6-8-21)10-19-16(22)13-3-4-14(17)15(18)9-13/h3-4,9,12H,5-8,10-11H2,1-2H3,(H,19,22)/t12-/m0/s1. The van der Waals surface area contributed by atoms with Crippen molar-refractivity contribution < 1.29 is 13.6 Å². The number of amides is 1. The second-order valence-corrected chi connectivity index (χ2v) is 6.05. The van der Waals surface area contributed by atoms with Crippen LogP contribution in [0.1, 0.15) is 17.3 Å². The molecule has 0 saturated carbocycles. The van der Waals surface area contributed by atoms with Gasteiger partial charge in [-0.2, -0.15) is 0 Å². The van der Waals surface area contributed by atoms with Gasteiger partial charge >= 0.3 is 0 Å². The fraction of sp³-hybridized carbons (Fsp3) is 0.562. The minimum atomic E-state index is -1.00. The zero-order valence-electron chi connectivity index (χ0n) is 13.1. The van der Waals surface area contributed by atoms with E-state index in [1.54, 1.807) is 0 Å². The van der Waals surface area contributed by atoms with Gasteiger partial charge in [-0.15, -0.1) is 0 Å². The van der Waals surface area contributed by atoms with Crippen molar-refractivity contribution in [3.63, 3.8) is 0 Å². The average Bonchev–Trinajstić information content (AvgIpc) is 2.50. The molecule has 1 fully saturated rings. The van der Waals surface area contributed by atoms with Crippen molar-refractivity contribution in [3.05, 3.63) is 35.4 Å². The van der Waals surface area contributed by atoms with Crippen molar-refractivity contribution in [1.82, 2.24) is 15.1 Å². The van der Waals surface area contributed by atoms with E-state index in [2.05, 4.69) is 29.1 Å². The monoisotopic (exact) mass is 311 g/mol. The minimum absolute atomic E-state index is 0.144. The van der Waals surface area contributed by atoms with Gasteiger partial charge < -0.3 is 15.1 Å². The molecule has 1 amide bonds. The lowest BCUT2D eigenvalue weighted by Gasteiger charge is -2.33. The third-order valence-corrected chi connectivity index (χ3v) is 3.96. The summed E-state index contributed by atoms with van der Waals surface area (Å²) in [6, 6.07) is 3.19. The molecule has 1 heterocycles. The number of hydrogen-bond donors (Lipinski definition) is 1. The number of piperazine rings is 1. The summed E-state index contributed by atoms with van der Waals surface area (Å²) in [5, 5.41) is 2.78. The first-order valence-corrected chi connectivity index (χ1v) is 7.60. The highest BCUT2D eigenvalue weighted by Gasteiger charge is 2.17. The van der Waals surface area contributed by atoms with Crippen molar-refractivity contribution >= 4 is 5.91 Å². The van der Waals surface area contributed by atoms with Gasteiger partial charge in [0.05, 0.1) is 0 Å². The lowest BCUT2D eigenvalue weighted by molar-refractivity contribution is 0.0937. The maximum absolute atomic E-state index is 13.1. The molecular weight excluding hydrogens is 288 g/mol. The number of nitrogens with zero attached hydrogens (tertiary/aromatic N) is 2. The summed E-state index contributed by atoms with van der Waals surface area (Å²) in [7, 11) is 2.11. The predicted octanol–water partition coefficient (Wildman–Crippen LogP) is 1.58. The van der Waals surface area contributed by atoms with Crippen LogP contribution in [0.25, 0.3) is 0 Å². The fourth-order valence-corrected chi connectivity index (χ4v) is 2.54. The van der Waals surface area contributed by atoms with E-state index in [-0.39, 0.29) is 11.5 Å². The Morgan fingerprint density at radius 1 is 1.23 bits per heavy atom. The molecule has 1 aromatic carbocycles. The number of carbonyl (C=O) groups excluding carboxylic acids is 1. The van der Waals surface area contributed by atoms with Crippen LogP contribution in [0.4, 0.5) is 8.78 Å². The second-order valence-electron chi connectivity index (χ2n) is 6.05. The summed E-state index contributed by atoms with van der Waals surface area (Å²) in [4.78, 5) is 16.6. The van der Waals surface area contributed by atoms with Gasteiger partial charge in [-0.1, -0.05) is 6.92 Å². The van der Waals surface area contributed by atoms with E-state index in [0.29, 0.717) is 12.5 Å². The Hall–Kier alpha value is -1.53. The van der Waals surface area contributed by atoms with Gasteiger partial charge in [-0.25, -0.2) is 8.78 Å². The Morgan fingerprint density at radius 3 is 2.55 bits per heavy atom. The molecule has 1 aromatic rings. The number of nitrogens with one attached hydrogen (secondary N) is 1. The van der Waals surface area contributed by atoms with Crippen molar-refractivity contribution in [2.75, 3.05) is 46.3 Å². The summed E-state index contributed by atoms with van der Waals surface area (Å²) < 4.78 is 26.0. The van der Waals surface area contributed by atoms with Gasteiger partial charge in [0.25, 0.3) is 5.91 Å². The van der Waals surface area contributed by atoms with Gasteiger partial charge in [0.1, 0.15) is 0 Å². The largest absolute Gasteiger partial charge is 0.352 e. The number of rotatable bonds is 5. The first-order chi connectivity index (χ1) is 10.5. The topological polar surface area (TPSA) is 35.6 Å². The van der Waals surface area contributed by atoms with Crippen LogP contribution in [-0.4, -0.2) is 62.0 Å². The van der Waals surface area contributed by atoms with Gasteiger partial charge in [0.2, 0.25) is 0 Å². The van der Waals surface area contributed by atoms with Crippen LogP contribution in [-0.2, 0) is 0 Å². The smallest absolute Gasteiger partial charge is 0.251 e. The first kappa shape index (κ1) is 16.8.